The zero-order valence-electron chi connectivity index (χ0n) is 12.2. The Kier molecular flexibility index (Phi) is 4.87. The van der Waals surface area contributed by atoms with Crippen LogP contribution in [0, 0.1) is 5.82 Å². The Labute approximate surface area is 123 Å². The molecule has 0 unspecified atom stereocenters. The van der Waals surface area contributed by atoms with Crippen LogP contribution in [-0.2, 0) is 6.42 Å². The molecular formula is C16H19FN2O2. The van der Waals surface area contributed by atoms with Crippen LogP contribution in [0.15, 0.2) is 36.4 Å². The highest BCUT2D eigenvalue weighted by Gasteiger charge is 2.09. The van der Waals surface area contributed by atoms with Gasteiger partial charge in [-0.1, -0.05) is 18.2 Å². The zero-order chi connectivity index (χ0) is 15.2. The van der Waals surface area contributed by atoms with Gasteiger partial charge < -0.3 is 20.5 Å². The van der Waals surface area contributed by atoms with Crippen molar-refractivity contribution in [3.8, 4) is 11.5 Å². The summed E-state index contributed by atoms with van der Waals surface area (Å²) in [7, 11) is 3.12. The highest BCUT2D eigenvalue weighted by atomic mass is 19.1. The van der Waals surface area contributed by atoms with E-state index in [1.807, 2.05) is 6.07 Å². The van der Waals surface area contributed by atoms with Gasteiger partial charge in [0.25, 0.3) is 0 Å². The van der Waals surface area contributed by atoms with Crippen molar-refractivity contribution in [1.82, 2.24) is 0 Å². The van der Waals surface area contributed by atoms with Crippen LogP contribution in [0.5, 0.6) is 11.5 Å². The van der Waals surface area contributed by atoms with Crippen LogP contribution in [-0.4, -0.2) is 20.8 Å². The molecule has 0 bridgehead atoms. The maximum Gasteiger partial charge on any atom is 0.162 e. The minimum Gasteiger partial charge on any atom is -0.493 e. The minimum atomic E-state index is -0.195. The third-order valence-electron chi connectivity index (χ3n) is 3.22. The topological polar surface area (TPSA) is 56.5 Å². The number of benzene rings is 2. The molecule has 5 heteroatoms. The van der Waals surface area contributed by atoms with Gasteiger partial charge in [0, 0.05) is 18.7 Å². The van der Waals surface area contributed by atoms with Gasteiger partial charge in [-0.2, -0.15) is 0 Å². The number of halogens is 1. The third kappa shape index (κ3) is 3.56. The molecule has 0 aliphatic carbocycles. The van der Waals surface area contributed by atoms with E-state index in [2.05, 4.69) is 5.32 Å². The molecule has 3 N–H and O–H groups in total. The predicted octanol–water partition coefficient (Wildman–Crippen LogP) is 3.08. The Morgan fingerprint density at radius 1 is 1.10 bits per heavy atom. The van der Waals surface area contributed by atoms with Crippen LogP contribution in [0.3, 0.4) is 0 Å². The number of ether oxygens (including phenoxy) is 2. The normalized spacial score (nSPS) is 10.2. The molecule has 0 atom stereocenters. The number of hydrogen-bond acceptors (Lipinski definition) is 4. The number of nitrogen functional groups attached to an aromatic ring is 1. The van der Waals surface area contributed by atoms with E-state index < -0.39 is 0 Å². The summed E-state index contributed by atoms with van der Waals surface area (Å²) in [6.45, 7) is 0.570. The highest BCUT2D eigenvalue weighted by molar-refractivity contribution is 5.72. The fourth-order valence-electron chi connectivity index (χ4n) is 2.08. The summed E-state index contributed by atoms with van der Waals surface area (Å²) in [5, 5.41) is 3.19. The fourth-order valence-corrected chi connectivity index (χ4v) is 2.08. The van der Waals surface area contributed by atoms with E-state index in [0.717, 1.165) is 5.69 Å². The lowest BCUT2D eigenvalue weighted by Crippen LogP contribution is -2.08. The molecule has 112 valence electrons. The quantitative estimate of drug-likeness (QED) is 0.803. The summed E-state index contributed by atoms with van der Waals surface area (Å²) >= 11 is 0. The second-order valence-corrected chi connectivity index (χ2v) is 4.56. The van der Waals surface area contributed by atoms with Crippen LogP contribution in [0.25, 0.3) is 0 Å². The van der Waals surface area contributed by atoms with Gasteiger partial charge in [-0.3, -0.25) is 0 Å². The van der Waals surface area contributed by atoms with E-state index in [9.17, 15) is 4.39 Å². The molecule has 0 saturated carbocycles. The Bertz CT molecular complexity index is 617. The summed E-state index contributed by atoms with van der Waals surface area (Å²) in [6.07, 6.45) is 0.570. The molecule has 4 nitrogen and oxygen atoms in total. The molecule has 2 aromatic carbocycles. The molecule has 0 aliphatic rings. The van der Waals surface area contributed by atoms with Gasteiger partial charge in [-0.25, -0.2) is 4.39 Å². The average molecular weight is 290 g/mol. The van der Waals surface area contributed by atoms with Gasteiger partial charge in [0.15, 0.2) is 11.5 Å². The number of anilines is 2. The van der Waals surface area contributed by atoms with Crippen LogP contribution in [0.1, 0.15) is 5.56 Å². The van der Waals surface area contributed by atoms with Crippen LogP contribution >= 0.6 is 0 Å². The largest absolute Gasteiger partial charge is 0.493 e. The summed E-state index contributed by atoms with van der Waals surface area (Å²) in [4.78, 5) is 0. The zero-order valence-corrected chi connectivity index (χ0v) is 12.2. The fraction of sp³-hybridized carbons (Fsp3) is 0.250. The van der Waals surface area contributed by atoms with Gasteiger partial charge in [-0.05, 0) is 18.1 Å². The van der Waals surface area contributed by atoms with E-state index in [0.29, 0.717) is 35.7 Å². The molecule has 0 radical (unpaired) electrons. The van der Waals surface area contributed by atoms with Gasteiger partial charge in [0.05, 0.1) is 25.6 Å². The van der Waals surface area contributed by atoms with Crippen molar-refractivity contribution in [3.63, 3.8) is 0 Å². The number of nitrogens with one attached hydrogen (secondary N) is 1. The van der Waals surface area contributed by atoms with Crippen molar-refractivity contribution in [1.29, 1.82) is 0 Å². The second kappa shape index (κ2) is 6.83. The molecule has 0 heterocycles. The average Bonchev–Trinajstić information content (AvgIpc) is 2.50. The number of hydrogen-bond donors (Lipinski definition) is 2. The second-order valence-electron chi connectivity index (χ2n) is 4.56. The van der Waals surface area contributed by atoms with Gasteiger partial charge in [-0.15, -0.1) is 0 Å². The summed E-state index contributed by atoms with van der Waals surface area (Å²) in [6, 6.07) is 10.2. The number of methoxy groups -OCH3 is 2. The molecule has 21 heavy (non-hydrogen) atoms. The maximum absolute atomic E-state index is 13.5. The molecular weight excluding hydrogens is 271 g/mol. The molecule has 0 aromatic heterocycles. The first-order valence-electron chi connectivity index (χ1n) is 6.64. The first-order chi connectivity index (χ1) is 10.2. The molecule has 0 saturated heterocycles. The van der Waals surface area contributed by atoms with Crippen molar-refractivity contribution < 1.29 is 13.9 Å². The molecule has 0 amide bonds. The van der Waals surface area contributed by atoms with Crippen molar-refractivity contribution in [3.05, 3.63) is 47.8 Å². The number of rotatable bonds is 6. The Morgan fingerprint density at radius 3 is 2.43 bits per heavy atom. The van der Waals surface area contributed by atoms with E-state index in [1.165, 1.54) is 6.07 Å². The van der Waals surface area contributed by atoms with Crippen LogP contribution < -0.4 is 20.5 Å². The van der Waals surface area contributed by atoms with Crippen molar-refractivity contribution in [2.24, 2.45) is 0 Å². The molecule has 2 aromatic rings. The van der Waals surface area contributed by atoms with Crippen molar-refractivity contribution >= 4 is 11.4 Å². The van der Waals surface area contributed by atoms with Gasteiger partial charge >= 0.3 is 0 Å². The standard InChI is InChI=1S/C16H19FN2O2/c1-20-15-9-13(18)14(10-16(15)21-2)19-8-7-11-5-3-4-6-12(11)17/h3-6,9-10,19H,7-8,18H2,1-2H3. The molecule has 2 rings (SSSR count). The van der Waals surface area contributed by atoms with Gasteiger partial charge in [0.2, 0.25) is 0 Å². The maximum atomic E-state index is 13.5. The summed E-state index contributed by atoms with van der Waals surface area (Å²) in [5.41, 5.74) is 7.92. The van der Waals surface area contributed by atoms with E-state index in [1.54, 1.807) is 38.5 Å². The predicted molar refractivity (Wildman–Crippen MR) is 82.6 cm³/mol. The first kappa shape index (κ1) is 15.0. The third-order valence-corrected chi connectivity index (χ3v) is 3.22. The van der Waals surface area contributed by atoms with Crippen molar-refractivity contribution in [2.75, 3.05) is 31.8 Å². The lowest BCUT2D eigenvalue weighted by molar-refractivity contribution is 0.355. The Balaban J connectivity index is 2.05. The van der Waals surface area contributed by atoms with Crippen LogP contribution in [0.4, 0.5) is 15.8 Å². The monoisotopic (exact) mass is 290 g/mol. The summed E-state index contributed by atoms with van der Waals surface area (Å²) in [5.74, 6) is 0.981. The Hall–Kier alpha value is -2.43. The van der Waals surface area contributed by atoms with E-state index in [-0.39, 0.29) is 5.82 Å². The Morgan fingerprint density at radius 2 is 1.76 bits per heavy atom. The first-order valence-corrected chi connectivity index (χ1v) is 6.64. The lowest BCUT2D eigenvalue weighted by Gasteiger charge is -2.14. The molecule has 0 fully saturated rings. The molecule has 0 spiro atoms. The SMILES string of the molecule is COc1cc(N)c(NCCc2ccccc2F)cc1OC. The minimum absolute atomic E-state index is 0.195. The lowest BCUT2D eigenvalue weighted by atomic mass is 10.1. The van der Waals surface area contributed by atoms with Gasteiger partial charge in [0.1, 0.15) is 5.82 Å². The van der Waals surface area contributed by atoms with E-state index in [4.69, 9.17) is 15.2 Å². The van der Waals surface area contributed by atoms with Crippen LogP contribution in [0.2, 0.25) is 0 Å². The van der Waals surface area contributed by atoms with E-state index >= 15 is 0 Å². The number of nitrogens with two attached hydrogens (primary N) is 1. The molecule has 0 aliphatic heterocycles. The summed E-state index contributed by atoms with van der Waals surface area (Å²) < 4.78 is 23.9. The highest BCUT2D eigenvalue weighted by Crippen LogP contribution is 2.34. The van der Waals surface area contributed by atoms with Crippen molar-refractivity contribution in [2.45, 2.75) is 6.42 Å². The smallest absolute Gasteiger partial charge is 0.162 e.